The molecule has 20 heavy (non-hydrogen) atoms. The first-order valence-electron chi connectivity index (χ1n) is 7.32. The minimum absolute atomic E-state index is 0.625. The van der Waals surface area contributed by atoms with Gasteiger partial charge in [0.2, 0.25) is 0 Å². The van der Waals surface area contributed by atoms with E-state index in [0.717, 1.165) is 30.7 Å². The Morgan fingerprint density at radius 3 is 3.15 bits per heavy atom. The van der Waals surface area contributed by atoms with Crippen molar-refractivity contribution in [1.82, 2.24) is 15.2 Å². The van der Waals surface area contributed by atoms with Crippen LogP contribution >= 0.6 is 15.9 Å². The molecule has 0 aliphatic carbocycles. The van der Waals surface area contributed by atoms with Gasteiger partial charge in [0.05, 0.1) is 6.61 Å². The number of halogens is 1. The number of likely N-dealkylation sites (tertiary alicyclic amines) is 1. The summed E-state index contributed by atoms with van der Waals surface area (Å²) in [5.41, 5.74) is 1.28. The Labute approximate surface area is 130 Å². The summed E-state index contributed by atoms with van der Waals surface area (Å²) in [6.45, 7) is 4.93. The van der Waals surface area contributed by atoms with Gasteiger partial charge in [0, 0.05) is 49.7 Å². The van der Waals surface area contributed by atoms with Crippen LogP contribution in [0.25, 0.3) is 0 Å². The van der Waals surface area contributed by atoms with Crippen molar-refractivity contribution < 1.29 is 4.74 Å². The molecule has 2 heterocycles. The van der Waals surface area contributed by atoms with Gasteiger partial charge in [-0.2, -0.15) is 0 Å². The molecule has 1 aliphatic rings. The lowest BCUT2D eigenvalue weighted by Crippen LogP contribution is -2.45. The molecule has 5 heteroatoms. The average molecular weight is 342 g/mol. The maximum Gasteiger partial charge on any atom is 0.0587 e. The maximum absolute atomic E-state index is 5.08. The van der Waals surface area contributed by atoms with Crippen molar-refractivity contribution in [2.24, 2.45) is 0 Å². The van der Waals surface area contributed by atoms with E-state index in [4.69, 9.17) is 4.74 Å². The molecule has 2 rings (SSSR count). The van der Waals surface area contributed by atoms with Gasteiger partial charge in [0.15, 0.2) is 0 Å². The smallest absolute Gasteiger partial charge is 0.0587 e. The Morgan fingerprint density at radius 2 is 2.35 bits per heavy atom. The number of pyridine rings is 1. The van der Waals surface area contributed by atoms with Crippen LogP contribution in [-0.2, 0) is 11.3 Å². The summed E-state index contributed by atoms with van der Waals surface area (Å²) in [4.78, 5) is 6.83. The number of nitrogens with zero attached hydrogens (tertiary/aromatic N) is 2. The minimum Gasteiger partial charge on any atom is -0.383 e. The third kappa shape index (κ3) is 5.13. The number of nitrogens with one attached hydrogen (secondary N) is 1. The minimum atomic E-state index is 0.625. The van der Waals surface area contributed by atoms with E-state index in [1.165, 1.54) is 31.4 Å². The summed E-state index contributed by atoms with van der Waals surface area (Å²) in [5, 5.41) is 3.49. The van der Waals surface area contributed by atoms with Crippen molar-refractivity contribution in [3.63, 3.8) is 0 Å². The van der Waals surface area contributed by atoms with E-state index in [9.17, 15) is 0 Å². The van der Waals surface area contributed by atoms with E-state index in [0.29, 0.717) is 6.04 Å². The zero-order valence-corrected chi connectivity index (χ0v) is 13.7. The first kappa shape index (κ1) is 15.9. The quantitative estimate of drug-likeness (QED) is 0.773. The highest BCUT2D eigenvalue weighted by Gasteiger charge is 2.22. The van der Waals surface area contributed by atoms with Crippen LogP contribution < -0.4 is 5.32 Å². The molecule has 1 unspecified atom stereocenters. The van der Waals surface area contributed by atoms with Crippen LogP contribution in [0.4, 0.5) is 0 Å². The second kappa shape index (κ2) is 8.72. The largest absolute Gasteiger partial charge is 0.383 e. The average Bonchev–Trinajstić information content (AvgIpc) is 2.45. The summed E-state index contributed by atoms with van der Waals surface area (Å²) in [5.74, 6) is 0. The molecule has 0 spiro atoms. The summed E-state index contributed by atoms with van der Waals surface area (Å²) in [6.07, 6.45) is 7.72. The molecule has 0 bridgehead atoms. The number of hydrogen-bond acceptors (Lipinski definition) is 4. The molecular weight excluding hydrogens is 318 g/mol. The monoisotopic (exact) mass is 341 g/mol. The number of aromatic nitrogens is 1. The number of piperidine rings is 1. The topological polar surface area (TPSA) is 37.4 Å². The van der Waals surface area contributed by atoms with Crippen molar-refractivity contribution in [2.75, 3.05) is 33.4 Å². The summed E-state index contributed by atoms with van der Waals surface area (Å²) < 4.78 is 6.13. The van der Waals surface area contributed by atoms with Crippen molar-refractivity contribution in [1.29, 1.82) is 0 Å². The number of rotatable bonds is 7. The van der Waals surface area contributed by atoms with Gasteiger partial charge in [-0.1, -0.05) is 6.42 Å². The molecule has 1 aliphatic heterocycles. The Bertz CT molecular complexity index is 402. The lowest BCUT2D eigenvalue weighted by Gasteiger charge is -2.36. The van der Waals surface area contributed by atoms with Crippen LogP contribution in [0.1, 0.15) is 24.8 Å². The van der Waals surface area contributed by atoms with E-state index >= 15 is 0 Å². The van der Waals surface area contributed by atoms with Crippen molar-refractivity contribution >= 4 is 15.9 Å². The molecule has 4 nitrogen and oxygen atoms in total. The second-order valence-electron chi connectivity index (χ2n) is 5.33. The summed E-state index contributed by atoms with van der Waals surface area (Å²) in [7, 11) is 1.74. The van der Waals surface area contributed by atoms with Crippen molar-refractivity contribution in [3.05, 3.63) is 28.5 Å². The summed E-state index contributed by atoms with van der Waals surface area (Å²) >= 11 is 3.49. The van der Waals surface area contributed by atoms with Crippen LogP contribution in [0.2, 0.25) is 0 Å². The van der Waals surface area contributed by atoms with Crippen LogP contribution in [-0.4, -0.2) is 49.3 Å². The van der Waals surface area contributed by atoms with Crippen LogP contribution in [0, 0.1) is 0 Å². The first-order chi connectivity index (χ1) is 9.79. The highest BCUT2D eigenvalue weighted by molar-refractivity contribution is 9.10. The van der Waals surface area contributed by atoms with Gasteiger partial charge < -0.3 is 10.1 Å². The Hall–Kier alpha value is -0.490. The molecule has 1 saturated heterocycles. The molecule has 1 atom stereocenters. The van der Waals surface area contributed by atoms with E-state index in [2.05, 4.69) is 37.2 Å². The normalized spacial score (nSPS) is 20.2. The predicted molar refractivity (Wildman–Crippen MR) is 84.7 cm³/mol. The lowest BCUT2D eigenvalue weighted by molar-refractivity contribution is 0.133. The van der Waals surface area contributed by atoms with E-state index in [1.807, 2.05) is 12.4 Å². The van der Waals surface area contributed by atoms with Gasteiger partial charge in [-0.05, 0) is 46.9 Å². The third-order valence-electron chi connectivity index (χ3n) is 3.76. The highest BCUT2D eigenvalue weighted by atomic mass is 79.9. The Kier molecular flexibility index (Phi) is 6.93. The van der Waals surface area contributed by atoms with E-state index < -0.39 is 0 Å². The Morgan fingerprint density at radius 1 is 1.45 bits per heavy atom. The maximum atomic E-state index is 5.08. The molecule has 0 aromatic carbocycles. The molecular formula is C15H24BrN3O. The van der Waals surface area contributed by atoms with Crippen molar-refractivity contribution in [3.8, 4) is 0 Å². The molecule has 0 saturated carbocycles. The molecule has 1 aromatic rings. The van der Waals surface area contributed by atoms with Gasteiger partial charge in [0.1, 0.15) is 0 Å². The van der Waals surface area contributed by atoms with Gasteiger partial charge in [-0.25, -0.2) is 0 Å². The molecule has 0 amide bonds. The third-order valence-corrected chi connectivity index (χ3v) is 4.19. The summed E-state index contributed by atoms with van der Waals surface area (Å²) in [6, 6.07) is 2.79. The molecule has 1 fully saturated rings. The molecule has 1 N–H and O–H groups in total. The molecule has 0 radical (unpaired) electrons. The molecule has 1 aromatic heterocycles. The van der Waals surface area contributed by atoms with Gasteiger partial charge >= 0.3 is 0 Å². The predicted octanol–water partition coefficient (Wildman–Crippen LogP) is 2.43. The fourth-order valence-corrected chi connectivity index (χ4v) is 3.13. The van der Waals surface area contributed by atoms with Crippen molar-refractivity contribution in [2.45, 2.75) is 31.8 Å². The number of methoxy groups -OCH3 is 1. The zero-order chi connectivity index (χ0) is 14.2. The van der Waals surface area contributed by atoms with Crippen LogP contribution in [0.3, 0.4) is 0 Å². The zero-order valence-electron chi connectivity index (χ0n) is 12.1. The fourth-order valence-electron chi connectivity index (χ4n) is 2.72. The van der Waals surface area contributed by atoms with Gasteiger partial charge in [-0.15, -0.1) is 0 Å². The Balaban J connectivity index is 1.86. The molecule has 112 valence electrons. The number of hydrogen-bond donors (Lipinski definition) is 1. The van der Waals surface area contributed by atoms with E-state index in [1.54, 1.807) is 7.11 Å². The number of ether oxygens (including phenoxy) is 1. The van der Waals surface area contributed by atoms with Crippen LogP contribution in [0.15, 0.2) is 22.9 Å². The SMILES string of the molecule is COCCNCC1CCCCN1Cc1cncc(Br)c1. The highest BCUT2D eigenvalue weighted by Crippen LogP contribution is 2.20. The second-order valence-corrected chi connectivity index (χ2v) is 6.24. The van der Waals surface area contributed by atoms with E-state index in [-0.39, 0.29) is 0 Å². The van der Waals surface area contributed by atoms with Gasteiger partial charge in [-0.3, -0.25) is 9.88 Å². The van der Waals surface area contributed by atoms with Gasteiger partial charge in [0.25, 0.3) is 0 Å². The standard InChI is InChI=1S/C15H24BrN3O/c1-20-7-5-17-11-15-4-2-3-6-19(15)12-13-8-14(16)10-18-9-13/h8-10,15,17H,2-7,11-12H2,1H3. The lowest BCUT2D eigenvalue weighted by atomic mass is 10.0. The van der Waals surface area contributed by atoms with Crippen LogP contribution in [0.5, 0.6) is 0 Å². The fraction of sp³-hybridized carbons (Fsp3) is 0.667. The first-order valence-corrected chi connectivity index (χ1v) is 8.12.